The molecule has 1 saturated carbocycles. The van der Waals surface area contributed by atoms with Crippen molar-refractivity contribution in [2.24, 2.45) is 0 Å². The van der Waals surface area contributed by atoms with E-state index in [1.54, 1.807) is 0 Å². The Morgan fingerprint density at radius 3 is 2.46 bits per heavy atom. The van der Waals surface area contributed by atoms with Gasteiger partial charge in [-0.15, -0.1) is 0 Å². The van der Waals surface area contributed by atoms with Crippen LogP contribution in [0.1, 0.15) is 36.3 Å². The molecule has 5 heteroatoms. The third kappa shape index (κ3) is 3.97. The molecule has 1 aliphatic rings. The zero-order valence-electron chi connectivity index (χ0n) is 14.5. The van der Waals surface area contributed by atoms with E-state index in [1.807, 2.05) is 36.4 Å². The van der Waals surface area contributed by atoms with Gasteiger partial charge >= 0.3 is 0 Å². The van der Waals surface area contributed by atoms with Crippen LogP contribution in [-0.2, 0) is 13.0 Å². The van der Waals surface area contributed by atoms with Crippen LogP contribution in [0.25, 0.3) is 5.69 Å². The predicted molar refractivity (Wildman–Crippen MR) is 102 cm³/mol. The topological polar surface area (TPSA) is 29.9 Å². The Hall–Kier alpha value is -2.17. The van der Waals surface area contributed by atoms with Crippen molar-refractivity contribution in [2.75, 3.05) is 0 Å². The van der Waals surface area contributed by atoms with Crippen LogP contribution in [0.15, 0.2) is 54.7 Å². The molecule has 1 fully saturated rings. The molecule has 0 unspecified atom stereocenters. The Morgan fingerprint density at radius 2 is 1.81 bits per heavy atom. The quantitative estimate of drug-likeness (QED) is 0.669. The van der Waals surface area contributed by atoms with Crippen molar-refractivity contribution in [3.05, 3.63) is 82.6 Å². The number of benzene rings is 2. The van der Waals surface area contributed by atoms with Gasteiger partial charge in [-0.3, -0.25) is 0 Å². The SMILES string of the molecule is Fc1ccc(Cc2nc(CNC3CCC3)cn2-c2ccc(Cl)cc2)cc1. The normalized spacial score (nSPS) is 14.4. The largest absolute Gasteiger partial charge is 0.308 e. The third-order valence-corrected chi connectivity index (χ3v) is 5.14. The molecule has 2 aromatic carbocycles. The van der Waals surface area contributed by atoms with Crippen LogP contribution in [0.2, 0.25) is 5.02 Å². The fourth-order valence-electron chi connectivity index (χ4n) is 3.15. The van der Waals surface area contributed by atoms with Gasteiger partial charge in [-0.05, 0) is 54.8 Å². The molecular formula is C21H21ClFN3. The van der Waals surface area contributed by atoms with Gasteiger partial charge in [-0.1, -0.05) is 30.2 Å². The second-order valence-corrected chi connectivity index (χ2v) is 7.24. The number of nitrogens with one attached hydrogen (secondary N) is 1. The first-order valence-corrected chi connectivity index (χ1v) is 9.36. The van der Waals surface area contributed by atoms with Crippen molar-refractivity contribution in [2.45, 2.75) is 38.3 Å². The molecular weight excluding hydrogens is 349 g/mol. The van der Waals surface area contributed by atoms with Crippen LogP contribution in [0.3, 0.4) is 0 Å². The number of aromatic nitrogens is 2. The van der Waals surface area contributed by atoms with Crippen molar-refractivity contribution in [1.82, 2.24) is 14.9 Å². The number of hydrogen-bond donors (Lipinski definition) is 1. The summed E-state index contributed by atoms with van der Waals surface area (Å²) in [5, 5.41) is 4.27. The summed E-state index contributed by atoms with van der Waals surface area (Å²) in [6, 6.07) is 15.0. The summed E-state index contributed by atoms with van der Waals surface area (Å²) in [5.74, 6) is 0.713. The van der Waals surface area contributed by atoms with E-state index in [0.29, 0.717) is 17.5 Å². The lowest BCUT2D eigenvalue weighted by Gasteiger charge is -2.26. The molecule has 0 amide bonds. The molecule has 26 heavy (non-hydrogen) atoms. The standard InChI is InChI=1S/C21H21ClFN3/c22-16-6-10-20(11-7-16)26-14-19(13-24-18-2-1-3-18)25-21(26)12-15-4-8-17(23)9-5-15/h4-11,14,18,24H,1-3,12-13H2. The number of nitrogens with zero attached hydrogens (tertiary/aromatic N) is 2. The number of hydrogen-bond acceptors (Lipinski definition) is 2. The first kappa shape index (κ1) is 17.3. The van der Waals surface area contributed by atoms with Crippen LogP contribution in [0.5, 0.6) is 0 Å². The van der Waals surface area contributed by atoms with E-state index in [1.165, 1.54) is 31.4 Å². The summed E-state index contributed by atoms with van der Waals surface area (Å²) < 4.78 is 15.3. The van der Waals surface area contributed by atoms with Gasteiger partial charge in [0.05, 0.1) is 5.69 Å². The monoisotopic (exact) mass is 369 g/mol. The van der Waals surface area contributed by atoms with Crippen molar-refractivity contribution in [1.29, 1.82) is 0 Å². The van der Waals surface area contributed by atoms with Crippen molar-refractivity contribution in [3.63, 3.8) is 0 Å². The molecule has 0 saturated heterocycles. The fourth-order valence-corrected chi connectivity index (χ4v) is 3.28. The van der Waals surface area contributed by atoms with Crippen LogP contribution < -0.4 is 5.32 Å². The fraction of sp³-hybridized carbons (Fsp3) is 0.286. The molecule has 1 aromatic heterocycles. The van der Waals surface area contributed by atoms with E-state index in [0.717, 1.165) is 29.3 Å². The number of imidazole rings is 1. The van der Waals surface area contributed by atoms with E-state index in [4.69, 9.17) is 16.6 Å². The highest BCUT2D eigenvalue weighted by molar-refractivity contribution is 6.30. The molecule has 134 valence electrons. The van der Waals surface area contributed by atoms with E-state index >= 15 is 0 Å². The zero-order chi connectivity index (χ0) is 17.9. The molecule has 4 rings (SSSR count). The molecule has 0 radical (unpaired) electrons. The smallest absolute Gasteiger partial charge is 0.123 e. The Kier molecular flexibility index (Phi) is 5.05. The Bertz CT molecular complexity index is 867. The van der Waals surface area contributed by atoms with Crippen LogP contribution in [-0.4, -0.2) is 15.6 Å². The summed E-state index contributed by atoms with van der Waals surface area (Å²) in [6.07, 6.45) is 6.54. The Morgan fingerprint density at radius 1 is 1.08 bits per heavy atom. The average Bonchev–Trinajstić information content (AvgIpc) is 2.99. The number of halogens is 2. The molecule has 1 N–H and O–H groups in total. The molecule has 3 aromatic rings. The summed E-state index contributed by atoms with van der Waals surface area (Å²) in [5.41, 5.74) is 3.07. The molecule has 3 nitrogen and oxygen atoms in total. The van der Waals surface area contributed by atoms with E-state index in [-0.39, 0.29) is 5.82 Å². The van der Waals surface area contributed by atoms with Gasteiger partial charge in [-0.2, -0.15) is 0 Å². The van der Waals surface area contributed by atoms with Crippen molar-refractivity contribution >= 4 is 11.6 Å². The Labute approximate surface area is 157 Å². The highest BCUT2D eigenvalue weighted by Gasteiger charge is 2.17. The van der Waals surface area contributed by atoms with Gasteiger partial charge in [0.15, 0.2) is 0 Å². The molecule has 0 aliphatic heterocycles. The van der Waals surface area contributed by atoms with Gasteiger partial charge in [0, 0.05) is 35.9 Å². The molecule has 0 bridgehead atoms. The van der Waals surface area contributed by atoms with Gasteiger partial charge in [0.1, 0.15) is 11.6 Å². The van der Waals surface area contributed by atoms with Crippen molar-refractivity contribution in [3.8, 4) is 5.69 Å². The van der Waals surface area contributed by atoms with Crippen LogP contribution in [0, 0.1) is 5.82 Å². The maximum Gasteiger partial charge on any atom is 0.123 e. The van der Waals surface area contributed by atoms with Gasteiger partial charge in [0.25, 0.3) is 0 Å². The minimum atomic E-state index is -0.222. The van der Waals surface area contributed by atoms with Gasteiger partial charge < -0.3 is 9.88 Å². The summed E-state index contributed by atoms with van der Waals surface area (Å²) >= 11 is 6.03. The first-order chi connectivity index (χ1) is 12.7. The zero-order valence-corrected chi connectivity index (χ0v) is 15.2. The second kappa shape index (κ2) is 7.60. The van der Waals surface area contributed by atoms with Gasteiger partial charge in [-0.25, -0.2) is 9.37 Å². The molecule has 0 spiro atoms. The lowest BCUT2D eigenvalue weighted by atomic mass is 9.93. The minimum Gasteiger partial charge on any atom is -0.308 e. The van der Waals surface area contributed by atoms with E-state index in [9.17, 15) is 4.39 Å². The summed E-state index contributed by atoms with van der Waals surface area (Å²) in [4.78, 5) is 4.83. The lowest BCUT2D eigenvalue weighted by molar-refractivity contribution is 0.337. The van der Waals surface area contributed by atoms with Crippen LogP contribution >= 0.6 is 11.6 Å². The predicted octanol–water partition coefficient (Wildman–Crippen LogP) is 4.90. The highest BCUT2D eigenvalue weighted by atomic mass is 35.5. The highest BCUT2D eigenvalue weighted by Crippen LogP contribution is 2.21. The summed E-state index contributed by atoms with van der Waals surface area (Å²) in [7, 11) is 0. The van der Waals surface area contributed by atoms with Gasteiger partial charge in [0.2, 0.25) is 0 Å². The first-order valence-electron chi connectivity index (χ1n) is 8.98. The van der Waals surface area contributed by atoms with E-state index < -0.39 is 0 Å². The number of rotatable bonds is 6. The lowest BCUT2D eigenvalue weighted by Crippen LogP contribution is -2.34. The van der Waals surface area contributed by atoms with Crippen molar-refractivity contribution < 1.29 is 4.39 Å². The summed E-state index contributed by atoms with van der Waals surface area (Å²) in [6.45, 7) is 0.766. The maximum atomic E-state index is 13.2. The van der Waals surface area contributed by atoms with Crippen LogP contribution in [0.4, 0.5) is 4.39 Å². The molecule has 1 heterocycles. The average molecular weight is 370 g/mol. The second-order valence-electron chi connectivity index (χ2n) is 6.81. The van der Waals surface area contributed by atoms with E-state index in [2.05, 4.69) is 16.1 Å². The maximum absolute atomic E-state index is 13.2. The molecule has 1 aliphatic carbocycles. The third-order valence-electron chi connectivity index (χ3n) is 4.89. The molecule has 0 atom stereocenters. The minimum absolute atomic E-state index is 0.222. The Balaban J connectivity index is 1.61.